The summed E-state index contributed by atoms with van der Waals surface area (Å²) < 4.78 is 27.2. The van der Waals surface area contributed by atoms with Gasteiger partial charge in [0.05, 0.1) is 15.7 Å². The van der Waals surface area contributed by atoms with Gasteiger partial charge < -0.3 is 10.2 Å². The van der Waals surface area contributed by atoms with Crippen molar-refractivity contribution in [2.75, 3.05) is 13.1 Å². The maximum Gasteiger partial charge on any atom is 0.263 e. The van der Waals surface area contributed by atoms with Crippen molar-refractivity contribution in [1.82, 2.24) is 14.9 Å². The maximum atomic E-state index is 12.7. The van der Waals surface area contributed by atoms with Gasteiger partial charge in [0.25, 0.3) is 5.91 Å². The zero-order valence-corrected chi connectivity index (χ0v) is 18.8. The molecule has 1 aliphatic heterocycles. The normalized spacial score (nSPS) is 17.2. The number of rotatable bonds is 7. The summed E-state index contributed by atoms with van der Waals surface area (Å²) in [6.45, 7) is 4.81. The minimum Gasteiger partial charge on any atom is -0.352 e. The van der Waals surface area contributed by atoms with Crippen molar-refractivity contribution in [2.45, 2.75) is 44.2 Å². The predicted molar refractivity (Wildman–Crippen MR) is 117 cm³/mol. The van der Waals surface area contributed by atoms with Crippen molar-refractivity contribution in [3.63, 3.8) is 0 Å². The zero-order valence-electron chi connectivity index (χ0n) is 17.1. The lowest BCUT2D eigenvalue weighted by atomic mass is 9.97. The Morgan fingerprint density at radius 2 is 2.03 bits per heavy atom. The van der Waals surface area contributed by atoms with Crippen LogP contribution < -0.4 is 10.0 Å². The van der Waals surface area contributed by atoms with Gasteiger partial charge in [0.15, 0.2) is 0 Å². The van der Waals surface area contributed by atoms with Crippen molar-refractivity contribution >= 4 is 33.2 Å². The van der Waals surface area contributed by atoms with Crippen LogP contribution in [0.5, 0.6) is 0 Å². The number of hydrogen-bond donors (Lipinski definition) is 2. The first kappa shape index (κ1) is 22.5. The summed E-state index contributed by atoms with van der Waals surface area (Å²) in [5.74, 6) is -0.414. The second kappa shape index (κ2) is 9.72. The lowest BCUT2D eigenvalue weighted by Crippen LogP contribution is -2.45. The molecule has 2 amide bonds. The van der Waals surface area contributed by atoms with Crippen LogP contribution in [0.2, 0.25) is 0 Å². The minimum absolute atomic E-state index is 0.0296. The van der Waals surface area contributed by atoms with E-state index in [9.17, 15) is 18.0 Å². The van der Waals surface area contributed by atoms with Gasteiger partial charge in [-0.2, -0.15) is 0 Å². The standard InChI is InChI=1S/C21H27N3O4S2/c1-15(2)23-30(27,28)18-8-3-6-16(12-18)13-22-20(25)17-7-4-10-24(14-17)21(26)19-9-5-11-29-19/h3,5-6,8-9,11-12,15,17,23H,4,7,10,13-14H2,1-2H3,(H,22,25)/t17-/m0/s1. The lowest BCUT2D eigenvalue weighted by Gasteiger charge is -2.31. The van der Waals surface area contributed by atoms with E-state index in [0.717, 1.165) is 12.8 Å². The second-order valence-electron chi connectivity index (χ2n) is 7.71. The number of thiophene rings is 1. The molecule has 2 N–H and O–H groups in total. The predicted octanol–water partition coefficient (Wildman–Crippen LogP) is 2.60. The van der Waals surface area contributed by atoms with Crippen LogP contribution >= 0.6 is 11.3 Å². The molecule has 0 saturated carbocycles. The van der Waals surface area contributed by atoms with Gasteiger partial charge in [0.2, 0.25) is 15.9 Å². The highest BCUT2D eigenvalue weighted by Crippen LogP contribution is 2.21. The Morgan fingerprint density at radius 3 is 2.73 bits per heavy atom. The molecule has 1 aliphatic rings. The number of sulfonamides is 1. The summed E-state index contributed by atoms with van der Waals surface area (Å²) in [7, 11) is -3.59. The number of carbonyl (C=O) groups excluding carboxylic acids is 2. The van der Waals surface area contributed by atoms with E-state index in [4.69, 9.17) is 0 Å². The van der Waals surface area contributed by atoms with Gasteiger partial charge in [0.1, 0.15) is 0 Å². The third kappa shape index (κ3) is 5.68. The van der Waals surface area contributed by atoms with E-state index >= 15 is 0 Å². The number of likely N-dealkylation sites (tertiary alicyclic amines) is 1. The van der Waals surface area contributed by atoms with Gasteiger partial charge in [-0.3, -0.25) is 9.59 Å². The summed E-state index contributed by atoms with van der Waals surface area (Å²) in [6.07, 6.45) is 1.51. The molecule has 0 radical (unpaired) electrons. The average Bonchev–Trinajstić information content (AvgIpc) is 3.26. The molecule has 30 heavy (non-hydrogen) atoms. The Bertz CT molecular complexity index is 987. The molecule has 1 aromatic heterocycles. The summed E-state index contributed by atoms with van der Waals surface area (Å²) in [5.41, 5.74) is 0.706. The fraction of sp³-hybridized carbons (Fsp3) is 0.429. The van der Waals surface area contributed by atoms with Crippen LogP contribution in [-0.4, -0.2) is 44.3 Å². The molecule has 2 heterocycles. The van der Waals surface area contributed by atoms with Crippen molar-refractivity contribution < 1.29 is 18.0 Å². The third-order valence-electron chi connectivity index (χ3n) is 4.88. The first-order valence-corrected chi connectivity index (χ1v) is 12.3. The van der Waals surface area contributed by atoms with E-state index in [-0.39, 0.29) is 35.2 Å². The molecule has 1 fully saturated rings. The third-order valence-corrected chi connectivity index (χ3v) is 7.39. The zero-order chi connectivity index (χ0) is 21.7. The van der Waals surface area contributed by atoms with E-state index in [1.165, 1.54) is 17.4 Å². The molecule has 1 atom stereocenters. The van der Waals surface area contributed by atoms with Gasteiger partial charge in [0, 0.05) is 25.7 Å². The van der Waals surface area contributed by atoms with Crippen LogP contribution in [0.1, 0.15) is 41.9 Å². The van der Waals surface area contributed by atoms with Crippen LogP contribution in [0, 0.1) is 5.92 Å². The van der Waals surface area contributed by atoms with Gasteiger partial charge >= 0.3 is 0 Å². The summed E-state index contributed by atoms with van der Waals surface area (Å²) in [5, 5.41) is 4.76. The number of nitrogens with zero attached hydrogens (tertiary/aromatic N) is 1. The first-order valence-electron chi connectivity index (χ1n) is 9.98. The van der Waals surface area contributed by atoms with Gasteiger partial charge in [-0.15, -0.1) is 11.3 Å². The number of benzene rings is 1. The Morgan fingerprint density at radius 1 is 1.23 bits per heavy atom. The highest BCUT2D eigenvalue weighted by Gasteiger charge is 2.29. The molecule has 1 aromatic carbocycles. The van der Waals surface area contributed by atoms with E-state index in [1.807, 2.05) is 11.4 Å². The van der Waals surface area contributed by atoms with Gasteiger partial charge in [-0.05, 0) is 55.8 Å². The van der Waals surface area contributed by atoms with Crippen LogP contribution in [-0.2, 0) is 21.4 Å². The Hall–Kier alpha value is -2.23. The van der Waals surface area contributed by atoms with Crippen LogP contribution in [0.15, 0.2) is 46.7 Å². The molecular weight excluding hydrogens is 422 g/mol. The van der Waals surface area contributed by atoms with E-state index in [1.54, 1.807) is 43.0 Å². The number of carbonyl (C=O) groups is 2. The van der Waals surface area contributed by atoms with E-state index in [0.29, 0.717) is 23.5 Å². The fourth-order valence-electron chi connectivity index (χ4n) is 3.47. The largest absolute Gasteiger partial charge is 0.352 e. The Labute approximate surface area is 181 Å². The quantitative estimate of drug-likeness (QED) is 0.679. The summed E-state index contributed by atoms with van der Waals surface area (Å²) in [6, 6.07) is 9.98. The van der Waals surface area contributed by atoms with Crippen molar-refractivity contribution in [3.8, 4) is 0 Å². The molecule has 0 unspecified atom stereocenters. The molecule has 0 aliphatic carbocycles. The number of piperidine rings is 1. The van der Waals surface area contributed by atoms with Gasteiger partial charge in [-0.25, -0.2) is 13.1 Å². The number of hydrogen-bond acceptors (Lipinski definition) is 5. The summed E-state index contributed by atoms with van der Waals surface area (Å²) in [4.78, 5) is 27.8. The van der Waals surface area contributed by atoms with Crippen molar-refractivity contribution in [1.29, 1.82) is 0 Å². The lowest BCUT2D eigenvalue weighted by molar-refractivity contribution is -0.126. The van der Waals surface area contributed by atoms with E-state index in [2.05, 4.69) is 10.0 Å². The SMILES string of the molecule is CC(C)NS(=O)(=O)c1cccc(CNC(=O)[C@H]2CCCN(C(=O)c3cccs3)C2)c1. The van der Waals surface area contributed by atoms with Crippen LogP contribution in [0.25, 0.3) is 0 Å². The molecule has 7 nitrogen and oxygen atoms in total. The first-order chi connectivity index (χ1) is 14.3. The average molecular weight is 450 g/mol. The van der Waals surface area contributed by atoms with Crippen LogP contribution in [0.4, 0.5) is 0 Å². The van der Waals surface area contributed by atoms with Crippen molar-refractivity contribution in [3.05, 3.63) is 52.2 Å². The monoisotopic (exact) mass is 449 g/mol. The fourth-order valence-corrected chi connectivity index (χ4v) is 5.48. The maximum absolute atomic E-state index is 12.7. The molecule has 9 heteroatoms. The number of amides is 2. The smallest absolute Gasteiger partial charge is 0.263 e. The Balaban J connectivity index is 1.59. The second-order valence-corrected chi connectivity index (χ2v) is 10.4. The van der Waals surface area contributed by atoms with Crippen LogP contribution in [0.3, 0.4) is 0 Å². The molecular formula is C21H27N3O4S2. The Kier molecular flexibility index (Phi) is 7.27. The molecule has 0 spiro atoms. The number of nitrogens with one attached hydrogen (secondary N) is 2. The highest BCUT2D eigenvalue weighted by molar-refractivity contribution is 7.89. The minimum atomic E-state index is -3.59. The molecule has 1 saturated heterocycles. The molecule has 162 valence electrons. The van der Waals surface area contributed by atoms with E-state index < -0.39 is 10.0 Å². The molecule has 2 aromatic rings. The summed E-state index contributed by atoms with van der Waals surface area (Å²) >= 11 is 1.40. The topological polar surface area (TPSA) is 95.6 Å². The molecule has 3 rings (SSSR count). The highest BCUT2D eigenvalue weighted by atomic mass is 32.2. The molecule has 0 bridgehead atoms. The van der Waals surface area contributed by atoms with Crippen molar-refractivity contribution in [2.24, 2.45) is 5.92 Å². The van der Waals surface area contributed by atoms with Gasteiger partial charge in [-0.1, -0.05) is 18.2 Å².